The zero-order valence-corrected chi connectivity index (χ0v) is 11.9. The molecule has 0 aliphatic heterocycles. The van der Waals surface area contributed by atoms with Crippen molar-refractivity contribution >= 4 is 26.8 Å². The largest absolute Gasteiger partial charge is 0.350 e. The van der Waals surface area contributed by atoms with Crippen LogP contribution in [0.4, 0.5) is 0 Å². The standard InChI is InChI=1S/C14H15NO4S/c1-9(2)15-14(16)12-4-3-11-8-13(20(17,18)19)6-5-10(11)7-12/h3-9H,1-2H3,(H,15,16)(H,17,18,19). The summed E-state index contributed by atoms with van der Waals surface area (Å²) in [5.74, 6) is -0.180. The number of hydrogen-bond acceptors (Lipinski definition) is 3. The van der Waals surface area contributed by atoms with E-state index < -0.39 is 10.1 Å². The van der Waals surface area contributed by atoms with Crippen LogP contribution < -0.4 is 5.32 Å². The Hall–Kier alpha value is -1.92. The van der Waals surface area contributed by atoms with Gasteiger partial charge in [-0.25, -0.2) is 0 Å². The summed E-state index contributed by atoms with van der Waals surface area (Å²) in [6, 6.07) is 9.23. The minimum Gasteiger partial charge on any atom is -0.350 e. The second-order valence-electron chi connectivity index (χ2n) is 4.83. The van der Waals surface area contributed by atoms with E-state index in [0.29, 0.717) is 10.9 Å². The van der Waals surface area contributed by atoms with Crippen molar-refractivity contribution in [2.75, 3.05) is 0 Å². The maximum atomic E-state index is 11.9. The highest BCUT2D eigenvalue weighted by Crippen LogP contribution is 2.20. The van der Waals surface area contributed by atoms with Crippen LogP contribution in [-0.2, 0) is 10.1 Å². The van der Waals surface area contributed by atoms with Gasteiger partial charge in [0.2, 0.25) is 0 Å². The van der Waals surface area contributed by atoms with Gasteiger partial charge in [0.1, 0.15) is 0 Å². The molecule has 0 fully saturated rings. The quantitative estimate of drug-likeness (QED) is 0.850. The lowest BCUT2D eigenvalue weighted by Crippen LogP contribution is -2.29. The highest BCUT2D eigenvalue weighted by molar-refractivity contribution is 7.85. The van der Waals surface area contributed by atoms with Crippen LogP contribution >= 0.6 is 0 Å². The molecule has 0 aliphatic rings. The van der Waals surface area contributed by atoms with Gasteiger partial charge in [0.15, 0.2) is 0 Å². The molecule has 2 rings (SSSR count). The van der Waals surface area contributed by atoms with E-state index in [4.69, 9.17) is 4.55 Å². The van der Waals surface area contributed by atoms with Crippen molar-refractivity contribution < 1.29 is 17.8 Å². The lowest BCUT2D eigenvalue weighted by molar-refractivity contribution is 0.0943. The number of hydrogen-bond donors (Lipinski definition) is 2. The summed E-state index contributed by atoms with van der Waals surface area (Å²) in [6.45, 7) is 3.74. The Morgan fingerprint density at radius 1 is 1.10 bits per heavy atom. The van der Waals surface area contributed by atoms with Gasteiger partial charge in [-0.05, 0) is 48.9 Å². The van der Waals surface area contributed by atoms with Gasteiger partial charge in [0.25, 0.3) is 16.0 Å². The lowest BCUT2D eigenvalue weighted by atomic mass is 10.1. The molecule has 0 saturated heterocycles. The van der Waals surface area contributed by atoms with E-state index in [9.17, 15) is 13.2 Å². The minimum atomic E-state index is -4.22. The van der Waals surface area contributed by atoms with Crippen LogP contribution in [0.25, 0.3) is 10.8 Å². The molecule has 2 aromatic rings. The molecule has 0 aliphatic carbocycles. The van der Waals surface area contributed by atoms with E-state index >= 15 is 0 Å². The predicted molar refractivity (Wildman–Crippen MR) is 76.4 cm³/mol. The molecule has 0 saturated carbocycles. The number of benzene rings is 2. The van der Waals surface area contributed by atoms with Crippen molar-refractivity contribution in [2.24, 2.45) is 0 Å². The van der Waals surface area contributed by atoms with Crippen molar-refractivity contribution in [3.05, 3.63) is 42.0 Å². The molecule has 0 heterocycles. The smallest absolute Gasteiger partial charge is 0.294 e. The molecule has 20 heavy (non-hydrogen) atoms. The van der Waals surface area contributed by atoms with Gasteiger partial charge in [0.05, 0.1) is 4.90 Å². The molecule has 2 aromatic carbocycles. The van der Waals surface area contributed by atoms with Gasteiger partial charge in [0, 0.05) is 11.6 Å². The van der Waals surface area contributed by atoms with E-state index in [-0.39, 0.29) is 16.8 Å². The summed E-state index contributed by atoms with van der Waals surface area (Å²) in [5.41, 5.74) is 0.505. The van der Waals surface area contributed by atoms with Crippen LogP contribution in [0, 0.1) is 0 Å². The van der Waals surface area contributed by atoms with Crippen LogP contribution in [0.15, 0.2) is 41.3 Å². The Kier molecular flexibility index (Phi) is 3.78. The summed E-state index contributed by atoms with van der Waals surface area (Å²) < 4.78 is 31.1. The average molecular weight is 293 g/mol. The molecule has 6 heteroatoms. The number of amides is 1. The van der Waals surface area contributed by atoms with E-state index in [1.807, 2.05) is 13.8 Å². The van der Waals surface area contributed by atoms with Crippen molar-refractivity contribution in [3.8, 4) is 0 Å². The maximum Gasteiger partial charge on any atom is 0.294 e. The second kappa shape index (κ2) is 5.22. The average Bonchev–Trinajstić information content (AvgIpc) is 2.35. The molecular formula is C14H15NO4S. The highest BCUT2D eigenvalue weighted by atomic mass is 32.2. The van der Waals surface area contributed by atoms with E-state index in [1.165, 1.54) is 12.1 Å². The molecule has 0 radical (unpaired) electrons. The highest BCUT2D eigenvalue weighted by Gasteiger charge is 2.11. The molecule has 0 unspecified atom stereocenters. The van der Waals surface area contributed by atoms with Crippen LogP contribution in [0.2, 0.25) is 0 Å². The summed E-state index contributed by atoms with van der Waals surface area (Å²) in [7, 11) is -4.22. The fourth-order valence-electron chi connectivity index (χ4n) is 1.87. The fourth-order valence-corrected chi connectivity index (χ4v) is 2.39. The first-order chi connectivity index (χ1) is 9.27. The first kappa shape index (κ1) is 14.5. The summed E-state index contributed by atoms with van der Waals surface area (Å²) in [5, 5.41) is 4.15. The SMILES string of the molecule is CC(C)NC(=O)c1ccc2cc(S(=O)(=O)O)ccc2c1. The van der Waals surface area contributed by atoms with Crippen LogP contribution in [-0.4, -0.2) is 24.9 Å². The molecule has 5 nitrogen and oxygen atoms in total. The van der Waals surface area contributed by atoms with Gasteiger partial charge >= 0.3 is 0 Å². The third kappa shape index (κ3) is 3.15. The van der Waals surface area contributed by atoms with Gasteiger partial charge in [-0.3, -0.25) is 9.35 Å². The van der Waals surface area contributed by atoms with Crippen molar-refractivity contribution in [1.82, 2.24) is 5.32 Å². The van der Waals surface area contributed by atoms with Crippen molar-refractivity contribution in [2.45, 2.75) is 24.8 Å². The second-order valence-corrected chi connectivity index (χ2v) is 6.25. The topological polar surface area (TPSA) is 83.5 Å². The van der Waals surface area contributed by atoms with Gasteiger partial charge in [-0.1, -0.05) is 12.1 Å². The number of carbonyl (C=O) groups is 1. The maximum absolute atomic E-state index is 11.9. The molecule has 1 amide bonds. The first-order valence-corrected chi connectivity index (χ1v) is 7.53. The Labute approximate surface area is 117 Å². The van der Waals surface area contributed by atoms with Crippen molar-refractivity contribution in [3.63, 3.8) is 0 Å². The van der Waals surface area contributed by atoms with E-state index in [2.05, 4.69) is 5.32 Å². The number of rotatable bonds is 3. The third-order valence-corrected chi connectivity index (χ3v) is 3.64. The number of nitrogens with one attached hydrogen (secondary N) is 1. The van der Waals surface area contributed by atoms with E-state index in [1.54, 1.807) is 24.3 Å². The van der Waals surface area contributed by atoms with Crippen molar-refractivity contribution in [1.29, 1.82) is 0 Å². The number of carbonyl (C=O) groups excluding carboxylic acids is 1. The Morgan fingerprint density at radius 2 is 1.70 bits per heavy atom. The molecule has 0 spiro atoms. The zero-order chi connectivity index (χ0) is 14.9. The summed E-state index contributed by atoms with van der Waals surface area (Å²) in [6.07, 6.45) is 0. The lowest BCUT2D eigenvalue weighted by Gasteiger charge is -2.09. The van der Waals surface area contributed by atoms with Crippen LogP contribution in [0.3, 0.4) is 0 Å². The Morgan fingerprint density at radius 3 is 2.30 bits per heavy atom. The number of fused-ring (bicyclic) bond motifs is 1. The fraction of sp³-hybridized carbons (Fsp3) is 0.214. The Balaban J connectivity index is 2.44. The van der Waals surface area contributed by atoms with Gasteiger partial charge in [-0.2, -0.15) is 8.42 Å². The monoisotopic (exact) mass is 293 g/mol. The van der Waals surface area contributed by atoms with Gasteiger partial charge in [-0.15, -0.1) is 0 Å². The summed E-state index contributed by atoms with van der Waals surface area (Å²) in [4.78, 5) is 11.7. The molecule has 0 atom stereocenters. The summed E-state index contributed by atoms with van der Waals surface area (Å²) >= 11 is 0. The zero-order valence-electron chi connectivity index (χ0n) is 11.1. The third-order valence-electron chi connectivity index (χ3n) is 2.79. The van der Waals surface area contributed by atoms with Gasteiger partial charge < -0.3 is 5.32 Å². The molecule has 2 N–H and O–H groups in total. The predicted octanol–water partition coefficient (Wildman–Crippen LogP) is 2.22. The van der Waals surface area contributed by atoms with E-state index in [0.717, 1.165) is 5.39 Å². The normalized spacial score (nSPS) is 11.8. The molecular weight excluding hydrogens is 278 g/mol. The van der Waals surface area contributed by atoms with Crippen LogP contribution in [0.1, 0.15) is 24.2 Å². The Bertz CT molecular complexity index is 766. The molecule has 0 bridgehead atoms. The minimum absolute atomic E-state index is 0.0418. The molecule has 106 valence electrons. The first-order valence-electron chi connectivity index (χ1n) is 6.09. The molecule has 0 aromatic heterocycles. The van der Waals surface area contributed by atoms with Crippen LogP contribution in [0.5, 0.6) is 0 Å².